The molecule has 0 aliphatic heterocycles. The van der Waals surface area contributed by atoms with Crippen LogP contribution < -0.4 is 0 Å². The van der Waals surface area contributed by atoms with Crippen molar-refractivity contribution in [2.75, 3.05) is 0 Å². The van der Waals surface area contributed by atoms with Crippen LogP contribution in [0.4, 0.5) is 0 Å². The summed E-state index contributed by atoms with van der Waals surface area (Å²) in [5, 5.41) is 27.9. The average molecular weight is 192 g/mol. The van der Waals surface area contributed by atoms with Crippen LogP contribution >= 0.6 is 0 Å². The van der Waals surface area contributed by atoms with Crippen molar-refractivity contribution in [1.82, 2.24) is 0 Å². The lowest BCUT2D eigenvalue weighted by molar-refractivity contribution is 0.361. The van der Waals surface area contributed by atoms with Crippen LogP contribution in [0, 0.1) is 12.3 Å². The number of phenols is 3. The highest BCUT2D eigenvalue weighted by atomic mass is 16.3. The fourth-order valence-electron chi connectivity index (χ4n) is 1.15. The van der Waals surface area contributed by atoms with Crippen molar-refractivity contribution in [3.63, 3.8) is 0 Å². The lowest BCUT2D eigenvalue weighted by Gasteiger charge is -2.19. The van der Waals surface area contributed by atoms with Gasteiger partial charge < -0.3 is 15.3 Å². The molecule has 0 spiro atoms. The van der Waals surface area contributed by atoms with E-state index in [2.05, 4.69) is 5.92 Å². The molecule has 0 saturated heterocycles. The Morgan fingerprint density at radius 1 is 1.14 bits per heavy atom. The van der Waals surface area contributed by atoms with Crippen LogP contribution in [0.2, 0.25) is 0 Å². The summed E-state index contributed by atoms with van der Waals surface area (Å²) in [7, 11) is 0. The number of benzene rings is 1. The van der Waals surface area contributed by atoms with Gasteiger partial charge in [-0.1, -0.05) is 5.92 Å². The van der Waals surface area contributed by atoms with Gasteiger partial charge >= 0.3 is 0 Å². The van der Waals surface area contributed by atoms with Gasteiger partial charge in [-0.2, -0.15) is 0 Å². The number of rotatable bonds is 1. The average Bonchev–Trinajstić information content (AvgIpc) is 2.14. The molecule has 3 heteroatoms. The third kappa shape index (κ3) is 1.47. The second kappa shape index (κ2) is 3.15. The zero-order valence-electron chi connectivity index (χ0n) is 8.07. The Morgan fingerprint density at radius 3 is 2.21 bits per heavy atom. The molecule has 0 aliphatic carbocycles. The summed E-state index contributed by atoms with van der Waals surface area (Å²) in [4.78, 5) is 0. The molecule has 1 rings (SSSR count). The smallest absolute Gasteiger partial charge is 0.200 e. The normalized spacial score (nSPS) is 10.9. The zero-order valence-corrected chi connectivity index (χ0v) is 8.07. The van der Waals surface area contributed by atoms with Gasteiger partial charge in [0.1, 0.15) is 0 Å². The van der Waals surface area contributed by atoms with Crippen LogP contribution in [0.5, 0.6) is 17.2 Å². The molecule has 0 aromatic heterocycles. The van der Waals surface area contributed by atoms with Gasteiger partial charge in [0.2, 0.25) is 5.75 Å². The van der Waals surface area contributed by atoms with E-state index in [1.807, 2.05) is 0 Å². The molecule has 1 aromatic carbocycles. The van der Waals surface area contributed by atoms with Gasteiger partial charge in [-0.25, -0.2) is 0 Å². The van der Waals surface area contributed by atoms with E-state index in [1.54, 1.807) is 13.8 Å². The molecule has 3 nitrogen and oxygen atoms in total. The summed E-state index contributed by atoms with van der Waals surface area (Å²) in [6.45, 7) is 3.47. The molecule has 0 fully saturated rings. The van der Waals surface area contributed by atoms with Gasteiger partial charge in [0.25, 0.3) is 0 Å². The summed E-state index contributed by atoms with van der Waals surface area (Å²) in [6.07, 6.45) is 5.29. The number of hydrogen-bond acceptors (Lipinski definition) is 3. The molecule has 1 aromatic rings. The van der Waals surface area contributed by atoms with Gasteiger partial charge in [0.15, 0.2) is 11.5 Å². The first-order valence-corrected chi connectivity index (χ1v) is 4.12. The summed E-state index contributed by atoms with van der Waals surface area (Å²) in [5.41, 5.74) is -0.273. The van der Waals surface area contributed by atoms with Crippen molar-refractivity contribution >= 4 is 0 Å². The van der Waals surface area contributed by atoms with Crippen LogP contribution in [0.25, 0.3) is 0 Å². The second-order valence-corrected chi connectivity index (χ2v) is 3.60. The Kier molecular flexibility index (Phi) is 2.31. The standard InChI is InChI=1S/C11H12O3/c1-4-11(2,3)7-5-6-8(12)10(14)9(7)13/h1,5-6,12-14H,2-3H3. The maximum absolute atomic E-state index is 9.54. The van der Waals surface area contributed by atoms with Gasteiger partial charge in [-0.3, -0.25) is 0 Å². The highest BCUT2D eigenvalue weighted by Gasteiger charge is 2.24. The first kappa shape index (κ1) is 10.3. The minimum absolute atomic E-state index is 0.362. The molecule has 0 radical (unpaired) electrons. The fraction of sp³-hybridized carbons (Fsp3) is 0.273. The molecule has 3 N–H and O–H groups in total. The minimum atomic E-state index is -0.685. The first-order chi connectivity index (χ1) is 6.40. The van der Waals surface area contributed by atoms with Gasteiger partial charge in [-0.15, -0.1) is 6.42 Å². The van der Waals surface area contributed by atoms with Crippen molar-refractivity contribution in [2.24, 2.45) is 0 Å². The summed E-state index contributed by atoms with van der Waals surface area (Å²) in [6, 6.07) is 2.79. The van der Waals surface area contributed by atoms with Gasteiger partial charge in [0, 0.05) is 5.56 Å². The van der Waals surface area contributed by atoms with Crippen molar-refractivity contribution in [3.8, 4) is 29.6 Å². The van der Waals surface area contributed by atoms with Crippen LogP contribution in [0.15, 0.2) is 12.1 Å². The van der Waals surface area contributed by atoms with Gasteiger partial charge in [-0.05, 0) is 26.0 Å². The Balaban J connectivity index is 3.41. The lowest BCUT2D eigenvalue weighted by atomic mass is 9.85. The molecule has 74 valence electrons. The van der Waals surface area contributed by atoms with E-state index in [9.17, 15) is 10.2 Å². The molecule has 0 aliphatic rings. The first-order valence-electron chi connectivity index (χ1n) is 4.12. The van der Waals surface area contributed by atoms with Crippen LogP contribution in [0.3, 0.4) is 0 Å². The van der Waals surface area contributed by atoms with E-state index >= 15 is 0 Å². The van der Waals surface area contributed by atoms with Crippen molar-refractivity contribution in [3.05, 3.63) is 17.7 Å². The molecule has 14 heavy (non-hydrogen) atoms. The topological polar surface area (TPSA) is 60.7 Å². The van der Waals surface area contributed by atoms with E-state index in [0.29, 0.717) is 5.56 Å². The van der Waals surface area contributed by atoms with Crippen molar-refractivity contribution < 1.29 is 15.3 Å². The molecular weight excluding hydrogens is 180 g/mol. The minimum Gasteiger partial charge on any atom is -0.504 e. The second-order valence-electron chi connectivity index (χ2n) is 3.60. The third-order valence-corrected chi connectivity index (χ3v) is 2.16. The van der Waals surface area contributed by atoms with Gasteiger partial charge in [0.05, 0.1) is 5.41 Å². The molecule has 0 heterocycles. The summed E-state index contributed by atoms with van der Waals surface area (Å²) < 4.78 is 0. The van der Waals surface area contributed by atoms with Crippen LogP contribution in [-0.4, -0.2) is 15.3 Å². The highest BCUT2D eigenvalue weighted by molar-refractivity contribution is 5.56. The Morgan fingerprint density at radius 2 is 1.71 bits per heavy atom. The van der Waals surface area contributed by atoms with Crippen molar-refractivity contribution in [1.29, 1.82) is 0 Å². The quantitative estimate of drug-likeness (QED) is 0.469. The molecule has 0 amide bonds. The predicted octanol–water partition coefficient (Wildman–Crippen LogP) is 1.71. The lowest BCUT2D eigenvalue weighted by Crippen LogP contribution is -2.13. The maximum Gasteiger partial charge on any atom is 0.200 e. The van der Waals surface area contributed by atoms with E-state index in [0.717, 1.165) is 0 Å². The number of phenolic OH excluding ortho intramolecular Hbond substituents is 3. The number of hydrogen-bond donors (Lipinski definition) is 3. The Hall–Kier alpha value is -1.82. The highest BCUT2D eigenvalue weighted by Crippen LogP contribution is 2.41. The number of terminal acetylenes is 1. The van der Waals surface area contributed by atoms with E-state index in [1.165, 1.54) is 12.1 Å². The molecule has 0 bridgehead atoms. The van der Waals surface area contributed by atoms with E-state index in [-0.39, 0.29) is 11.5 Å². The molecular formula is C11H12O3. The molecule has 0 atom stereocenters. The van der Waals surface area contributed by atoms with Crippen LogP contribution in [0.1, 0.15) is 19.4 Å². The summed E-state index contributed by atoms with van der Waals surface area (Å²) >= 11 is 0. The van der Waals surface area contributed by atoms with Crippen molar-refractivity contribution in [2.45, 2.75) is 19.3 Å². The fourth-order valence-corrected chi connectivity index (χ4v) is 1.15. The maximum atomic E-state index is 9.54. The molecule has 0 saturated carbocycles. The Labute approximate surface area is 82.6 Å². The zero-order chi connectivity index (χ0) is 10.9. The third-order valence-electron chi connectivity index (χ3n) is 2.16. The molecule has 0 unspecified atom stereocenters. The number of aromatic hydroxyl groups is 3. The van der Waals surface area contributed by atoms with E-state index < -0.39 is 11.2 Å². The largest absolute Gasteiger partial charge is 0.504 e. The van der Waals surface area contributed by atoms with E-state index in [4.69, 9.17) is 11.5 Å². The summed E-state index contributed by atoms with van der Waals surface area (Å²) in [5.74, 6) is 1.23. The monoisotopic (exact) mass is 192 g/mol. The predicted molar refractivity (Wildman–Crippen MR) is 53.3 cm³/mol. The Bertz CT molecular complexity index is 400. The SMILES string of the molecule is C#CC(C)(C)c1ccc(O)c(O)c1O. The van der Waals surface area contributed by atoms with Crippen LogP contribution in [-0.2, 0) is 5.41 Å².